The van der Waals surface area contributed by atoms with Gasteiger partial charge in [0, 0.05) is 16.8 Å². The van der Waals surface area contributed by atoms with Crippen molar-refractivity contribution >= 4 is 39.8 Å². The van der Waals surface area contributed by atoms with Crippen LogP contribution in [0, 0.1) is 3.70 Å². The lowest BCUT2D eigenvalue weighted by Crippen LogP contribution is -1.91. The molecular weight excluding hydrogens is 349 g/mol. The molecule has 0 saturated carbocycles. The van der Waals surface area contributed by atoms with Gasteiger partial charge in [-0.1, -0.05) is 23.7 Å². The van der Waals surface area contributed by atoms with E-state index in [1.807, 2.05) is 41.1 Å². The van der Waals surface area contributed by atoms with Crippen LogP contribution in [0.2, 0.25) is 5.02 Å². The van der Waals surface area contributed by atoms with Crippen LogP contribution in [-0.4, -0.2) is 14.4 Å². The Labute approximate surface area is 117 Å². The Morgan fingerprint density at radius 2 is 1.82 bits per heavy atom. The van der Waals surface area contributed by atoms with Crippen LogP contribution in [0.25, 0.3) is 16.9 Å². The Balaban J connectivity index is 2.17. The summed E-state index contributed by atoms with van der Waals surface area (Å²) >= 11 is 8.11. The van der Waals surface area contributed by atoms with E-state index in [0.717, 1.165) is 25.6 Å². The molecule has 0 atom stereocenters. The minimum atomic E-state index is 0.729. The zero-order valence-corrected chi connectivity index (χ0v) is 11.6. The van der Waals surface area contributed by atoms with E-state index in [1.165, 1.54) is 0 Å². The van der Waals surface area contributed by atoms with Crippen molar-refractivity contribution in [2.75, 3.05) is 0 Å². The SMILES string of the molecule is Clc1ccc(-c2cn3c(I)cnc3cn2)cc1. The number of halogens is 2. The van der Waals surface area contributed by atoms with Crippen LogP contribution in [0.3, 0.4) is 0 Å². The first kappa shape index (κ1) is 11.0. The van der Waals surface area contributed by atoms with Crippen LogP contribution in [-0.2, 0) is 0 Å². The third-order valence-corrected chi connectivity index (χ3v) is 3.54. The van der Waals surface area contributed by atoms with Gasteiger partial charge >= 0.3 is 0 Å². The highest BCUT2D eigenvalue weighted by Crippen LogP contribution is 2.20. The summed E-state index contributed by atoms with van der Waals surface area (Å²) in [7, 11) is 0. The van der Waals surface area contributed by atoms with E-state index in [4.69, 9.17) is 11.6 Å². The van der Waals surface area contributed by atoms with Gasteiger partial charge in [0.1, 0.15) is 3.70 Å². The molecule has 1 aromatic carbocycles. The fourth-order valence-corrected chi connectivity index (χ4v) is 2.28. The molecule has 0 aliphatic heterocycles. The van der Waals surface area contributed by atoms with Gasteiger partial charge in [-0.05, 0) is 34.7 Å². The van der Waals surface area contributed by atoms with E-state index in [2.05, 4.69) is 32.6 Å². The number of imidazole rings is 1. The second-order valence-corrected chi connectivity index (χ2v) is 5.13. The van der Waals surface area contributed by atoms with Crippen molar-refractivity contribution in [2.45, 2.75) is 0 Å². The highest BCUT2D eigenvalue weighted by Gasteiger charge is 2.04. The minimum Gasteiger partial charge on any atom is -0.291 e. The van der Waals surface area contributed by atoms with E-state index in [0.29, 0.717) is 0 Å². The maximum atomic E-state index is 5.87. The maximum absolute atomic E-state index is 5.87. The number of hydrogen-bond acceptors (Lipinski definition) is 2. The maximum Gasteiger partial charge on any atom is 0.156 e. The molecule has 0 saturated heterocycles. The van der Waals surface area contributed by atoms with Gasteiger partial charge in [0.15, 0.2) is 5.65 Å². The molecular formula is C12H7ClIN3. The molecule has 0 amide bonds. The van der Waals surface area contributed by atoms with Crippen LogP contribution in [0.15, 0.2) is 42.9 Å². The Hall–Kier alpha value is -1.14. The summed E-state index contributed by atoms with van der Waals surface area (Å²) in [6, 6.07) is 7.64. The van der Waals surface area contributed by atoms with E-state index >= 15 is 0 Å². The van der Waals surface area contributed by atoms with Crippen molar-refractivity contribution in [1.29, 1.82) is 0 Å². The molecule has 84 valence electrons. The largest absolute Gasteiger partial charge is 0.291 e. The van der Waals surface area contributed by atoms with Gasteiger partial charge in [-0.25, -0.2) is 4.98 Å². The lowest BCUT2D eigenvalue weighted by molar-refractivity contribution is 1.11. The lowest BCUT2D eigenvalue weighted by Gasteiger charge is -2.02. The molecule has 0 fully saturated rings. The summed E-state index contributed by atoms with van der Waals surface area (Å²) in [5.74, 6) is 0. The summed E-state index contributed by atoms with van der Waals surface area (Å²) in [6.45, 7) is 0. The van der Waals surface area contributed by atoms with Gasteiger partial charge < -0.3 is 0 Å². The Morgan fingerprint density at radius 3 is 2.59 bits per heavy atom. The van der Waals surface area contributed by atoms with Gasteiger partial charge in [-0.2, -0.15) is 0 Å². The smallest absolute Gasteiger partial charge is 0.156 e. The van der Waals surface area contributed by atoms with Crippen molar-refractivity contribution in [3.63, 3.8) is 0 Å². The molecule has 17 heavy (non-hydrogen) atoms. The predicted molar refractivity (Wildman–Crippen MR) is 76.2 cm³/mol. The molecule has 0 aliphatic rings. The molecule has 0 unspecified atom stereocenters. The van der Waals surface area contributed by atoms with Gasteiger partial charge in [0.2, 0.25) is 0 Å². The van der Waals surface area contributed by atoms with Crippen molar-refractivity contribution in [1.82, 2.24) is 14.4 Å². The first-order chi connectivity index (χ1) is 8.24. The molecule has 0 N–H and O–H groups in total. The molecule has 0 aliphatic carbocycles. The van der Waals surface area contributed by atoms with E-state index < -0.39 is 0 Å². The average molecular weight is 356 g/mol. The number of benzene rings is 1. The van der Waals surface area contributed by atoms with E-state index in [1.54, 1.807) is 6.20 Å². The normalized spacial score (nSPS) is 10.9. The molecule has 3 aromatic rings. The monoisotopic (exact) mass is 355 g/mol. The molecule has 2 aromatic heterocycles. The number of rotatable bonds is 1. The topological polar surface area (TPSA) is 30.2 Å². The van der Waals surface area contributed by atoms with Crippen LogP contribution in [0.1, 0.15) is 0 Å². The Bertz CT molecular complexity index is 676. The quantitative estimate of drug-likeness (QED) is 0.624. The molecule has 3 nitrogen and oxygen atoms in total. The molecule has 0 radical (unpaired) electrons. The zero-order chi connectivity index (χ0) is 11.8. The first-order valence-electron chi connectivity index (χ1n) is 4.98. The number of aromatic nitrogens is 3. The van der Waals surface area contributed by atoms with Crippen molar-refractivity contribution in [2.24, 2.45) is 0 Å². The lowest BCUT2D eigenvalue weighted by atomic mass is 10.2. The fourth-order valence-electron chi connectivity index (χ4n) is 1.63. The minimum absolute atomic E-state index is 0.729. The standard InChI is InChI=1S/C12H7ClIN3/c13-9-3-1-8(2-4-9)10-7-17-11(14)5-16-12(17)6-15-10/h1-7H. The molecule has 3 rings (SSSR count). The molecule has 0 bridgehead atoms. The second kappa shape index (κ2) is 4.27. The van der Waals surface area contributed by atoms with Gasteiger partial charge in [0.05, 0.1) is 18.1 Å². The number of nitrogens with zero attached hydrogens (tertiary/aromatic N) is 3. The number of hydrogen-bond donors (Lipinski definition) is 0. The van der Waals surface area contributed by atoms with Crippen LogP contribution >= 0.6 is 34.2 Å². The molecule has 2 heterocycles. The molecule has 0 spiro atoms. The zero-order valence-electron chi connectivity index (χ0n) is 8.64. The summed E-state index contributed by atoms with van der Waals surface area (Å²) in [5.41, 5.74) is 2.80. The molecule has 5 heteroatoms. The summed E-state index contributed by atoms with van der Waals surface area (Å²) < 4.78 is 3.08. The fraction of sp³-hybridized carbons (Fsp3) is 0. The summed E-state index contributed by atoms with van der Waals surface area (Å²) in [6.07, 6.45) is 5.57. The third-order valence-electron chi connectivity index (χ3n) is 2.49. The third kappa shape index (κ3) is 2.02. The summed E-state index contributed by atoms with van der Waals surface area (Å²) in [5, 5.41) is 0.729. The van der Waals surface area contributed by atoms with Crippen molar-refractivity contribution in [3.05, 3.63) is 51.6 Å². The van der Waals surface area contributed by atoms with Gasteiger partial charge in [0.25, 0.3) is 0 Å². The van der Waals surface area contributed by atoms with E-state index in [9.17, 15) is 0 Å². The van der Waals surface area contributed by atoms with Crippen molar-refractivity contribution in [3.8, 4) is 11.3 Å². The van der Waals surface area contributed by atoms with Crippen LogP contribution < -0.4 is 0 Å². The average Bonchev–Trinajstić information content (AvgIpc) is 2.72. The highest BCUT2D eigenvalue weighted by atomic mass is 127. The highest BCUT2D eigenvalue weighted by molar-refractivity contribution is 14.1. The Kier molecular flexibility index (Phi) is 2.76. The van der Waals surface area contributed by atoms with Gasteiger partial charge in [-0.3, -0.25) is 9.38 Å². The second-order valence-electron chi connectivity index (χ2n) is 3.59. The summed E-state index contributed by atoms with van der Waals surface area (Å²) in [4.78, 5) is 8.63. The predicted octanol–water partition coefficient (Wildman–Crippen LogP) is 3.65. The van der Waals surface area contributed by atoms with Gasteiger partial charge in [-0.15, -0.1) is 0 Å². The number of fused-ring (bicyclic) bond motifs is 1. The first-order valence-corrected chi connectivity index (χ1v) is 6.44. The van der Waals surface area contributed by atoms with Crippen LogP contribution in [0.5, 0.6) is 0 Å². The van der Waals surface area contributed by atoms with Crippen molar-refractivity contribution < 1.29 is 0 Å². The van der Waals surface area contributed by atoms with E-state index in [-0.39, 0.29) is 0 Å². The Morgan fingerprint density at radius 1 is 1.06 bits per heavy atom. The van der Waals surface area contributed by atoms with Crippen LogP contribution in [0.4, 0.5) is 0 Å².